The molecule has 1 fully saturated rings. The summed E-state index contributed by atoms with van der Waals surface area (Å²) < 4.78 is 22.0. The standard InChI is InChI=1S/C28H25ClN2O7/c1-17-4-8-21(9-5-17)37-12-13-38-25-23(29)15-18(16-24(25)36-3)14-22-26(32)30-28(34)31(27(22)33)19-6-10-20(35-2)11-7-19/h4-11,14-16H,12-13H2,1-3H3,(H,30,32,34). The van der Waals surface area contributed by atoms with E-state index in [0.29, 0.717) is 22.8 Å². The summed E-state index contributed by atoms with van der Waals surface area (Å²) in [5.41, 5.74) is 1.56. The van der Waals surface area contributed by atoms with Gasteiger partial charge in [0, 0.05) is 0 Å². The van der Waals surface area contributed by atoms with Gasteiger partial charge < -0.3 is 18.9 Å². The van der Waals surface area contributed by atoms with Gasteiger partial charge in [0.1, 0.15) is 30.3 Å². The number of amides is 4. The highest BCUT2D eigenvalue weighted by Gasteiger charge is 2.37. The SMILES string of the molecule is COc1ccc(N2C(=O)NC(=O)C(=Cc3cc(Cl)c(OCCOc4ccc(C)cc4)c(OC)c3)C2=O)cc1. The summed E-state index contributed by atoms with van der Waals surface area (Å²) >= 11 is 6.46. The van der Waals surface area contributed by atoms with Gasteiger partial charge in [-0.3, -0.25) is 14.9 Å². The molecule has 3 aromatic carbocycles. The summed E-state index contributed by atoms with van der Waals surface area (Å²) in [4.78, 5) is 39.0. The molecule has 1 heterocycles. The highest BCUT2D eigenvalue weighted by Crippen LogP contribution is 2.37. The molecule has 10 heteroatoms. The maximum atomic E-state index is 13.2. The summed E-state index contributed by atoms with van der Waals surface area (Å²) in [6.07, 6.45) is 1.33. The van der Waals surface area contributed by atoms with E-state index in [0.717, 1.165) is 16.2 Å². The average Bonchev–Trinajstić information content (AvgIpc) is 2.91. The fourth-order valence-electron chi connectivity index (χ4n) is 3.69. The van der Waals surface area contributed by atoms with Crippen LogP contribution in [-0.2, 0) is 9.59 Å². The monoisotopic (exact) mass is 536 g/mol. The van der Waals surface area contributed by atoms with Gasteiger partial charge in [-0.2, -0.15) is 0 Å². The number of barbiturate groups is 1. The minimum atomic E-state index is -0.852. The van der Waals surface area contributed by atoms with E-state index in [-0.39, 0.29) is 29.5 Å². The van der Waals surface area contributed by atoms with E-state index in [9.17, 15) is 14.4 Å². The van der Waals surface area contributed by atoms with Gasteiger partial charge in [-0.1, -0.05) is 29.3 Å². The van der Waals surface area contributed by atoms with Crippen LogP contribution in [0, 0.1) is 6.92 Å². The van der Waals surface area contributed by atoms with Crippen molar-refractivity contribution >= 4 is 41.2 Å². The number of carbonyl (C=O) groups is 3. The summed E-state index contributed by atoms with van der Waals surface area (Å²) in [5, 5.41) is 2.39. The Hall–Kier alpha value is -4.50. The second kappa shape index (κ2) is 11.7. The van der Waals surface area contributed by atoms with E-state index in [1.165, 1.54) is 38.5 Å². The second-order valence-electron chi connectivity index (χ2n) is 8.20. The first kappa shape index (κ1) is 26.6. The van der Waals surface area contributed by atoms with Crippen LogP contribution in [0.4, 0.5) is 10.5 Å². The Labute approximate surface area is 224 Å². The Morgan fingerprint density at radius 2 is 1.53 bits per heavy atom. The number of methoxy groups -OCH3 is 2. The van der Waals surface area contributed by atoms with Crippen molar-refractivity contribution in [2.75, 3.05) is 32.3 Å². The van der Waals surface area contributed by atoms with Crippen LogP contribution in [0.25, 0.3) is 6.08 Å². The number of urea groups is 1. The molecule has 38 heavy (non-hydrogen) atoms. The van der Waals surface area contributed by atoms with Crippen LogP contribution in [0.3, 0.4) is 0 Å². The van der Waals surface area contributed by atoms with Gasteiger partial charge in [-0.05, 0) is 67.1 Å². The molecule has 1 N–H and O–H groups in total. The Kier molecular flexibility index (Phi) is 8.18. The van der Waals surface area contributed by atoms with E-state index in [1.54, 1.807) is 18.2 Å². The highest BCUT2D eigenvalue weighted by molar-refractivity contribution is 6.39. The minimum Gasteiger partial charge on any atom is -0.497 e. The van der Waals surface area contributed by atoms with E-state index in [1.807, 2.05) is 31.2 Å². The lowest BCUT2D eigenvalue weighted by molar-refractivity contribution is -0.122. The molecule has 1 saturated heterocycles. The number of carbonyl (C=O) groups excluding carboxylic acids is 3. The van der Waals surface area contributed by atoms with Crippen LogP contribution < -0.4 is 29.2 Å². The van der Waals surface area contributed by atoms with Crippen molar-refractivity contribution in [1.82, 2.24) is 5.32 Å². The van der Waals surface area contributed by atoms with Crippen molar-refractivity contribution in [2.24, 2.45) is 0 Å². The molecule has 0 spiro atoms. The van der Waals surface area contributed by atoms with Gasteiger partial charge in [-0.15, -0.1) is 0 Å². The number of benzene rings is 3. The van der Waals surface area contributed by atoms with Crippen molar-refractivity contribution in [3.63, 3.8) is 0 Å². The number of ether oxygens (including phenoxy) is 4. The van der Waals surface area contributed by atoms with Crippen LogP contribution in [0.15, 0.2) is 66.2 Å². The topological polar surface area (TPSA) is 103 Å². The molecule has 0 atom stereocenters. The first-order valence-corrected chi connectivity index (χ1v) is 11.9. The molecule has 0 unspecified atom stereocenters. The smallest absolute Gasteiger partial charge is 0.335 e. The summed E-state index contributed by atoms with van der Waals surface area (Å²) in [5.74, 6) is 0.249. The number of imide groups is 2. The predicted molar refractivity (Wildman–Crippen MR) is 142 cm³/mol. The van der Waals surface area contributed by atoms with E-state index in [4.69, 9.17) is 30.5 Å². The third-order valence-electron chi connectivity index (χ3n) is 5.61. The highest BCUT2D eigenvalue weighted by atomic mass is 35.5. The second-order valence-corrected chi connectivity index (χ2v) is 8.61. The van der Waals surface area contributed by atoms with Gasteiger partial charge in [0.2, 0.25) is 0 Å². The molecule has 4 amide bonds. The number of rotatable bonds is 9. The zero-order chi connectivity index (χ0) is 27.2. The van der Waals surface area contributed by atoms with E-state index < -0.39 is 17.8 Å². The molecule has 9 nitrogen and oxygen atoms in total. The Bertz CT molecular complexity index is 1390. The number of hydrogen-bond donors (Lipinski definition) is 1. The molecule has 0 saturated carbocycles. The normalized spacial score (nSPS) is 14.4. The molecule has 0 radical (unpaired) electrons. The van der Waals surface area contributed by atoms with Crippen molar-refractivity contribution in [1.29, 1.82) is 0 Å². The molecular weight excluding hydrogens is 512 g/mol. The molecular formula is C28H25ClN2O7. The van der Waals surface area contributed by atoms with Gasteiger partial charge in [-0.25, -0.2) is 9.69 Å². The van der Waals surface area contributed by atoms with Gasteiger partial charge in [0.15, 0.2) is 11.5 Å². The molecule has 3 aromatic rings. The maximum Gasteiger partial charge on any atom is 0.335 e. The fourth-order valence-corrected chi connectivity index (χ4v) is 3.96. The number of aryl methyl sites for hydroxylation is 1. The van der Waals surface area contributed by atoms with Gasteiger partial charge >= 0.3 is 6.03 Å². The number of anilines is 1. The molecule has 0 aliphatic carbocycles. The lowest BCUT2D eigenvalue weighted by Crippen LogP contribution is -2.54. The summed E-state index contributed by atoms with van der Waals surface area (Å²) in [6.45, 7) is 2.47. The zero-order valence-corrected chi connectivity index (χ0v) is 21.7. The van der Waals surface area contributed by atoms with Crippen LogP contribution in [0.1, 0.15) is 11.1 Å². The summed E-state index contributed by atoms with van der Waals surface area (Å²) in [7, 11) is 2.95. The fraction of sp³-hybridized carbons (Fsp3) is 0.179. The summed E-state index contributed by atoms with van der Waals surface area (Å²) in [6, 6.07) is 16.2. The lowest BCUT2D eigenvalue weighted by Gasteiger charge is -2.26. The molecule has 0 bridgehead atoms. The third-order valence-corrected chi connectivity index (χ3v) is 5.90. The number of nitrogens with zero attached hydrogens (tertiary/aromatic N) is 1. The molecule has 1 aliphatic heterocycles. The van der Waals surface area contributed by atoms with Crippen molar-refractivity contribution in [3.05, 3.63) is 82.4 Å². The molecule has 4 rings (SSSR count). The first-order valence-electron chi connectivity index (χ1n) is 11.6. The van der Waals surface area contributed by atoms with Crippen LogP contribution in [-0.4, -0.2) is 45.3 Å². The predicted octanol–water partition coefficient (Wildman–Crippen LogP) is 4.79. The third kappa shape index (κ3) is 5.90. The zero-order valence-electron chi connectivity index (χ0n) is 20.9. The maximum absolute atomic E-state index is 13.2. The molecule has 0 aromatic heterocycles. The van der Waals surface area contributed by atoms with E-state index in [2.05, 4.69) is 5.32 Å². The van der Waals surface area contributed by atoms with Crippen LogP contribution in [0.5, 0.6) is 23.0 Å². The quantitative estimate of drug-likeness (QED) is 0.238. The number of hydrogen-bond acceptors (Lipinski definition) is 7. The van der Waals surface area contributed by atoms with E-state index >= 15 is 0 Å². The average molecular weight is 537 g/mol. The van der Waals surface area contributed by atoms with Crippen LogP contribution >= 0.6 is 11.6 Å². The molecule has 196 valence electrons. The van der Waals surface area contributed by atoms with Crippen molar-refractivity contribution < 1.29 is 33.3 Å². The van der Waals surface area contributed by atoms with Gasteiger partial charge in [0.25, 0.3) is 11.8 Å². The Balaban J connectivity index is 1.52. The number of nitrogens with one attached hydrogen (secondary N) is 1. The lowest BCUT2D eigenvalue weighted by atomic mass is 10.1. The Morgan fingerprint density at radius 3 is 2.18 bits per heavy atom. The minimum absolute atomic E-state index is 0.199. The van der Waals surface area contributed by atoms with Crippen molar-refractivity contribution in [2.45, 2.75) is 6.92 Å². The number of halogens is 1. The van der Waals surface area contributed by atoms with Crippen molar-refractivity contribution in [3.8, 4) is 23.0 Å². The van der Waals surface area contributed by atoms with Crippen LogP contribution in [0.2, 0.25) is 5.02 Å². The largest absolute Gasteiger partial charge is 0.497 e. The van der Waals surface area contributed by atoms with Gasteiger partial charge in [0.05, 0.1) is 24.9 Å². The first-order chi connectivity index (χ1) is 18.3. The Morgan fingerprint density at radius 1 is 0.868 bits per heavy atom. The molecule has 1 aliphatic rings.